The number of amides is 1. The molecule has 2 aromatic rings. The van der Waals surface area contributed by atoms with Crippen LogP contribution in [-0.4, -0.2) is 35.1 Å². The van der Waals surface area contributed by atoms with E-state index in [4.69, 9.17) is 4.42 Å². The van der Waals surface area contributed by atoms with Crippen LogP contribution in [0.1, 0.15) is 29.0 Å². The minimum atomic E-state index is -0.425. The normalized spacial score (nSPS) is 19.6. The standard InChI is InChI=1S/C15H16BrNO3/c1-9-12-7-10(16)4-5-13(12)20-14(9)15(19)17-6-2-3-11(18)8-17/h4-5,7,11,18H,2-3,6,8H2,1H3. The number of rotatable bonds is 1. The third kappa shape index (κ3) is 2.36. The minimum Gasteiger partial charge on any atom is -0.451 e. The summed E-state index contributed by atoms with van der Waals surface area (Å²) in [4.78, 5) is 14.2. The summed E-state index contributed by atoms with van der Waals surface area (Å²) in [6.45, 7) is 2.96. The van der Waals surface area contributed by atoms with Crippen molar-refractivity contribution in [3.8, 4) is 0 Å². The first kappa shape index (κ1) is 13.6. The van der Waals surface area contributed by atoms with Crippen molar-refractivity contribution >= 4 is 32.8 Å². The van der Waals surface area contributed by atoms with Crippen molar-refractivity contribution in [2.45, 2.75) is 25.9 Å². The molecule has 0 saturated carbocycles. The number of hydrogen-bond acceptors (Lipinski definition) is 3. The monoisotopic (exact) mass is 337 g/mol. The predicted molar refractivity (Wildman–Crippen MR) is 79.8 cm³/mol. The molecule has 1 aliphatic heterocycles. The van der Waals surface area contributed by atoms with Crippen LogP contribution in [0.25, 0.3) is 11.0 Å². The van der Waals surface area contributed by atoms with Crippen LogP contribution in [0.4, 0.5) is 0 Å². The molecule has 20 heavy (non-hydrogen) atoms. The number of β-amino-alcohol motifs (C(OH)–C–C–N with tert-alkyl or cyclic N) is 1. The van der Waals surface area contributed by atoms with Crippen LogP contribution in [0.5, 0.6) is 0 Å². The molecular weight excluding hydrogens is 322 g/mol. The van der Waals surface area contributed by atoms with E-state index < -0.39 is 6.10 Å². The number of piperidine rings is 1. The molecule has 106 valence electrons. The average Bonchev–Trinajstić information content (AvgIpc) is 2.75. The molecule has 0 spiro atoms. The van der Waals surface area contributed by atoms with Gasteiger partial charge >= 0.3 is 0 Å². The van der Waals surface area contributed by atoms with Gasteiger partial charge in [-0.3, -0.25) is 4.79 Å². The van der Waals surface area contributed by atoms with Crippen molar-refractivity contribution in [1.29, 1.82) is 0 Å². The molecule has 1 aliphatic rings. The van der Waals surface area contributed by atoms with Gasteiger partial charge in [-0.25, -0.2) is 0 Å². The van der Waals surface area contributed by atoms with Crippen LogP contribution in [0.15, 0.2) is 27.1 Å². The smallest absolute Gasteiger partial charge is 0.289 e. The Hall–Kier alpha value is -1.33. The number of benzene rings is 1. The van der Waals surface area contributed by atoms with Crippen molar-refractivity contribution < 1.29 is 14.3 Å². The number of aryl methyl sites for hydroxylation is 1. The highest BCUT2D eigenvalue weighted by atomic mass is 79.9. The number of aliphatic hydroxyl groups is 1. The summed E-state index contributed by atoms with van der Waals surface area (Å²) in [6.07, 6.45) is 1.17. The average molecular weight is 338 g/mol. The van der Waals surface area contributed by atoms with Crippen molar-refractivity contribution in [2.75, 3.05) is 13.1 Å². The van der Waals surface area contributed by atoms with E-state index in [9.17, 15) is 9.90 Å². The number of fused-ring (bicyclic) bond motifs is 1. The lowest BCUT2D eigenvalue weighted by Gasteiger charge is -2.29. The minimum absolute atomic E-state index is 0.131. The highest BCUT2D eigenvalue weighted by Crippen LogP contribution is 2.29. The number of halogens is 1. The van der Waals surface area contributed by atoms with E-state index in [0.717, 1.165) is 28.3 Å². The second-order valence-electron chi connectivity index (χ2n) is 5.24. The maximum absolute atomic E-state index is 12.5. The molecule has 1 fully saturated rings. The summed E-state index contributed by atoms with van der Waals surface area (Å²) in [5, 5.41) is 10.6. The first-order valence-electron chi connectivity index (χ1n) is 6.72. The van der Waals surface area contributed by atoms with Crippen LogP contribution >= 0.6 is 15.9 Å². The van der Waals surface area contributed by atoms with Crippen LogP contribution in [0.2, 0.25) is 0 Å². The molecular formula is C15H16BrNO3. The molecule has 4 nitrogen and oxygen atoms in total. The van der Waals surface area contributed by atoms with Crippen LogP contribution in [-0.2, 0) is 0 Å². The third-order valence-corrected chi connectivity index (χ3v) is 4.27. The largest absolute Gasteiger partial charge is 0.451 e. The maximum Gasteiger partial charge on any atom is 0.289 e. The molecule has 1 aromatic carbocycles. The van der Waals surface area contributed by atoms with Gasteiger partial charge in [0.2, 0.25) is 0 Å². The Morgan fingerprint density at radius 3 is 3.05 bits per heavy atom. The van der Waals surface area contributed by atoms with Crippen molar-refractivity contribution in [2.24, 2.45) is 0 Å². The number of nitrogens with zero attached hydrogens (tertiary/aromatic N) is 1. The Labute approximate surface area is 125 Å². The summed E-state index contributed by atoms with van der Waals surface area (Å²) >= 11 is 3.43. The van der Waals surface area contributed by atoms with E-state index in [0.29, 0.717) is 24.4 Å². The van der Waals surface area contributed by atoms with Gasteiger partial charge in [0, 0.05) is 28.5 Å². The van der Waals surface area contributed by atoms with E-state index >= 15 is 0 Å². The van der Waals surface area contributed by atoms with Gasteiger partial charge in [0.05, 0.1) is 6.10 Å². The van der Waals surface area contributed by atoms with Gasteiger partial charge in [-0.05, 0) is 38.0 Å². The second-order valence-corrected chi connectivity index (χ2v) is 6.16. The van der Waals surface area contributed by atoms with E-state index in [1.807, 2.05) is 25.1 Å². The summed E-state index contributed by atoms with van der Waals surface area (Å²) < 4.78 is 6.67. The van der Waals surface area contributed by atoms with Gasteiger partial charge in [-0.15, -0.1) is 0 Å². The lowest BCUT2D eigenvalue weighted by atomic mass is 10.1. The van der Waals surface area contributed by atoms with Crippen molar-refractivity contribution in [3.05, 3.63) is 34.0 Å². The molecule has 1 amide bonds. The summed E-state index contributed by atoms with van der Waals surface area (Å²) in [6, 6.07) is 5.70. The topological polar surface area (TPSA) is 53.7 Å². The molecule has 2 heterocycles. The maximum atomic E-state index is 12.5. The first-order chi connectivity index (χ1) is 9.56. The fourth-order valence-corrected chi connectivity index (χ4v) is 3.04. The second kappa shape index (κ2) is 5.22. The third-order valence-electron chi connectivity index (χ3n) is 3.78. The Morgan fingerprint density at radius 1 is 1.50 bits per heavy atom. The number of furan rings is 1. The summed E-state index contributed by atoms with van der Waals surface area (Å²) in [5.74, 6) is 0.251. The summed E-state index contributed by atoms with van der Waals surface area (Å²) in [7, 11) is 0. The quantitative estimate of drug-likeness (QED) is 0.869. The zero-order valence-corrected chi connectivity index (χ0v) is 12.8. The number of hydrogen-bond donors (Lipinski definition) is 1. The van der Waals surface area contributed by atoms with Gasteiger partial charge in [0.15, 0.2) is 5.76 Å². The lowest BCUT2D eigenvalue weighted by molar-refractivity contribution is 0.0449. The zero-order chi connectivity index (χ0) is 14.3. The number of likely N-dealkylation sites (tertiary alicyclic amines) is 1. The fourth-order valence-electron chi connectivity index (χ4n) is 2.68. The zero-order valence-electron chi connectivity index (χ0n) is 11.2. The highest BCUT2D eigenvalue weighted by Gasteiger charge is 2.27. The van der Waals surface area contributed by atoms with Crippen LogP contribution < -0.4 is 0 Å². The SMILES string of the molecule is Cc1c(C(=O)N2CCCC(O)C2)oc2ccc(Br)cc12. The van der Waals surface area contributed by atoms with Gasteiger partial charge in [0.1, 0.15) is 5.58 Å². The number of carbonyl (C=O) groups excluding carboxylic acids is 1. The van der Waals surface area contributed by atoms with Gasteiger partial charge < -0.3 is 14.4 Å². The molecule has 1 N–H and O–H groups in total. The van der Waals surface area contributed by atoms with E-state index in [2.05, 4.69) is 15.9 Å². The Bertz CT molecular complexity index is 664. The van der Waals surface area contributed by atoms with E-state index in [1.165, 1.54) is 0 Å². The molecule has 1 aromatic heterocycles. The number of aliphatic hydroxyl groups excluding tert-OH is 1. The van der Waals surface area contributed by atoms with Crippen LogP contribution in [0.3, 0.4) is 0 Å². The van der Waals surface area contributed by atoms with Gasteiger partial charge in [0.25, 0.3) is 5.91 Å². The van der Waals surface area contributed by atoms with Crippen LogP contribution in [0, 0.1) is 6.92 Å². The number of carbonyl (C=O) groups is 1. The van der Waals surface area contributed by atoms with E-state index in [-0.39, 0.29) is 5.91 Å². The summed E-state index contributed by atoms with van der Waals surface area (Å²) in [5.41, 5.74) is 1.57. The molecule has 1 unspecified atom stereocenters. The molecule has 0 radical (unpaired) electrons. The van der Waals surface area contributed by atoms with E-state index in [1.54, 1.807) is 4.90 Å². The Balaban J connectivity index is 1.97. The molecule has 1 atom stereocenters. The highest BCUT2D eigenvalue weighted by molar-refractivity contribution is 9.10. The molecule has 5 heteroatoms. The molecule has 0 aliphatic carbocycles. The van der Waals surface area contributed by atoms with Crippen molar-refractivity contribution in [1.82, 2.24) is 4.90 Å². The molecule has 1 saturated heterocycles. The Kier molecular flexibility index (Phi) is 3.56. The molecule has 0 bridgehead atoms. The van der Waals surface area contributed by atoms with Gasteiger partial charge in [-0.1, -0.05) is 15.9 Å². The van der Waals surface area contributed by atoms with Crippen molar-refractivity contribution in [3.63, 3.8) is 0 Å². The first-order valence-corrected chi connectivity index (χ1v) is 7.51. The Morgan fingerprint density at radius 2 is 2.30 bits per heavy atom. The fraction of sp³-hybridized carbons (Fsp3) is 0.400. The predicted octanol–water partition coefficient (Wildman–Crippen LogP) is 3.10. The molecule has 3 rings (SSSR count). The lowest BCUT2D eigenvalue weighted by Crippen LogP contribution is -2.42. The van der Waals surface area contributed by atoms with Gasteiger partial charge in [-0.2, -0.15) is 0 Å².